The van der Waals surface area contributed by atoms with Crippen molar-refractivity contribution in [1.29, 1.82) is 0 Å². The summed E-state index contributed by atoms with van der Waals surface area (Å²) in [4.78, 5) is 74.7. The fourth-order valence-corrected chi connectivity index (χ4v) is 12.0. The zero-order valence-electron chi connectivity index (χ0n) is 37.3. The number of allylic oxidation sites excluding steroid dienone is 1. The molecular weight excluding hydrogens is 907 g/mol. The highest BCUT2D eigenvalue weighted by Crippen LogP contribution is 2.63. The van der Waals surface area contributed by atoms with Crippen LogP contribution in [0.15, 0.2) is 104 Å². The second kappa shape index (κ2) is 18.3. The Morgan fingerprint density at radius 2 is 1.74 bits per heavy atom. The number of hydrogen-bond donors (Lipinski definition) is 5. The molecule has 68 heavy (non-hydrogen) atoms. The van der Waals surface area contributed by atoms with E-state index in [1.165, 1.54) is 6.07 Å². The predicted molar refractivity (Wildman–Crippen MR) is 257 cm³/mol. The summed E-state index contributed by atoms with van der Waals surface area (Å²) in [5, 5.41) is 15.8. The first kappa shape index (κ1) is 45.4. The maximum absolute atomic E-state index is 16.3. The van der Waals surface area contributed by atoms with Gasteiger partial charge in [-0.2, -0.15) is 0 Å². The molecule has 5 N–H and O–H groups in total. The Bertz CT molecular complexity index is 2880. The SMILES string of the molecule is C=C1CCC(N2Cc3c(CCc4cncn4CCCNC(=O)c4ccc(NC(=O)[C@@H]5NC6(CCCCC6)[C@@]6(C(=O)Nc7cc(Cl)ccc76)[C@H]5c5cccc(Cl)c5F)cc4)cccc3C2=O)C(=O)N1. The number of imidazole rings is 1. The molecule has 5 heterocycles. The average Bonchev–Trinajstić information content (AvgIpc) is 4.07. The van der Waals surface area contributed by atoms with Gasteiger partial charge in [0, 0.05) is 76.2 Å². The number of anilines is 2. The van der Waals surface area contributed by atoms with E-state index >= 15 is 4.39 Å². The van der Waals surface area contributed by atoms with Gasteiger partial charge in [0.15, 0.2) is 0 Å². The van der Waals surface area contributed by atoms with Crippen LogP contribution < -0.4 is 26.6 Å². The highest BCUT2D eigenvalue weighted by Gasteiger charge is 2.72. The number of nitrogens with one attached hydrogen (secondary N) is 5. The number of piperidine rings is 1. The molecule has 5 aliphatic rings. The highest BCUT2D eigenvalue weighted by molar-refractivity contribution is 6.31. The van der Waals surface area contributed by atoms with Crippen LogP contribution in [0.5, 0.6) is 0 Å². The van der Waals surface area contributed by atoms with Crippen LogP contribution in [-0.4, -0.2) is 68.2 Å². The van der Waals surface area contributed by atoms with Crippen molar-refractivity contribution in [1.82, 2.24) is 30.4 Å². The van der Waals surface area contributed by atoms with E-state index in [1.807, 2.05) is 30.5 Å². The minimum atomic E-state index is -1.36. The Labute approximate surface area is 403 Å². The van der Waals surface area contributed by atoms with Gasteiger partial charge in [-0.3, -0.25) is 29.3 Å². The predicted octanol–water partition coefficient (Wildman–Crippen LogP) is 7.97. The van der Waals surface area contributed by atoms with Gasteiger partial charge in [-0.05, 0) is 116 Å². The molecule has 5 aromatic rings. The van der Waals surface area contributed by atoms with Crippen LogP contribution >= 0.6 is 23.2 Å². The van der Waals surface area contributed by atoms with Crippen molar-refractivity contribution in [3.63, 3.8) is 0 Å². The van der Waals surface area contributed by atoms with Crippen LogP contribution in [0.1, 0.15) is 106 Å². The normalized spacial score (nSPS) is 22.6. The molecule has 4 atom stereocenters. The second-order valence-electron chi connectivity index (χ2n) is 18.6. The lowest BCUT2D eigenvalue weighted by Gasteiger charge is -2.47. The lowest BCUT2D eigenvalue weighted by molar-refractivity contribution is -0.126. The number of hydrogen-bond acceptors (Lipinski definition) is 7. The Kier molecular flexibility index (Phi) is 12.2. The summed E-state index contributed by atoms with van der Waals surface area (Å²) in [6, 6.07) is 20.7. The van der Waals surface area contributed by atoms with E-state index in [0.717, 1.165) is 36.1 Å². The van der Waals surface area contributed by atoms with Crippen molar-refractivity contribution >= 4 is 64.1 Å². The minimum absolute atomic E-state index is 0.104. The molecule has 13 nitrogen and oxygen atoms in total. The van der Waals surface area contributed by atoms with Crippen LogP contribution in [0.2, 0.25) is 10.0 Å². The topological polar surface area (TPSA) is 167 Å². The first-order valence-electron chi connectivity index (χ1n) is 23.3. The molecule has 16 heteroatoms. The number of aryl methyl sites for hydroxylation is 3. The van der Waals surface area contributed by atoms with E-state index < -0.39 is 40.7 Å². The monoisotopic (exact) mass is 956 g/mol. The molecule has 10 rings (SSSR count). The first-order chi connectivity index (χ1) is 32.9. The van der Waals surface area contributed by atoms with Crippen LogP contribution in [0.3, 0.4) is 0 Å². The summed E-state index contributed by atoms with van der Waals surface area (Å²) in [6.45, 7) is 5.29. The van der Waals surface area contributed by atoms with Gasteiger partial charge in [0.1, 0.15) is 17.3 Å². The van der Waals surface area contributed by atoms with Crippen LogP contribution in [-0.2, 0) is 45.7 Å². The molecule has 4 aliphatic heterocycles. The standard InChI is InChI=1S/C52H51Cl2FN8O5/c1-30-12-21-42(47(65)58-30)63-28-38-31(8-5-9-36(38)49(63)67)15-19-35-27-56-29-62(35)25-7-24-57-46(64)32-13-17-34(18-14-32)59-48(66)45-43(37-10-6-11-40(54)44(37)55)52(51(61-45)22-3-2-4-23-51)39-20-16-33(53)26-41(39)60-50(52)68/h5-6,8-11,13-14,16-18,20,26-27,29,42-43,45,61H,1-4,7,12,15,19,21-25,28H2,(H,57,64)(H,58,65)(H,59,66)(H,60,68)/t42?,43-,45+,52+/m0/s1. The summed E-state index contributed by atoms with van der Waals surface area (Å²) in [7, 11) is 0. The summed E-state index contributed by atoms with van der Waals surface area (Å²) < 4.78 is 18.4. The Morgan fingerprint density at radius 3 is 2.53 bits per heavy atom. The van der Waals surface area contributed by atoms with Crippen molar-refractivity contribution in [2.24, 2.45) is 0 Å². The third-order valence-electron chi connectivity index (χ3n) is 14.8. The average molecular weight is 958 g/mol. The quantitative estimate of drug-likeness (QED) is 0.0792. The van der Waals surface area contributed by atoms with Gasteiger partial charge in [0.2, 0.25) is 17.7 Å². The van der Waals surface area contributed by atoms with E-state index in [9.17, 15) is 24.0 Å². The van der Waals surface area contributed by atoms with E-state index in [2.05, 4.69) is 42.7 Å². The van der Waals surface area contributed by atoms with Gasteiger partial charge >= 0.3 is 0 Å². The Balaban J connectivity index is 0.776. The highest BCUT2D eigenvalue weighted by atomic mass is 35.5. The molecule has 4 aromatic carbocycles. The van der Waals surface area contributed by atoms with Crippen LogP contribution in [0.25, 0.3) is 0 Å². The van der Waals surface area contributed by atoms with Gasteiger partial charge in [0.05, 0.1) is 17.4 Å². The third kappa shape index (κ3) is 7.85. The van der Waals surface area contributed by atoms with Crippen LogP contribution in [0.4, 0.5) is 15.8 Å². The summed E-state index contributed by atoms with van der Waals surface area (Å²) in [6.07, 6.45) is 10.6. The Hall–Kier alpha value is -6.35. The van der Waals surface area contributed by atoms with E-state index in [1.54, 1.807) is 59.8 Å². The van der Waals surface area contributed by atoms with Gasteiger partial charge < -0.3 is 30.7 Å². The number of rotatable bonds is 12. The van der Waals surface area contributed by atoms with Gasteiger partial charge in [0.25, 0.3) is 11.8 Å². The molecule has 2 saturated heterocycles. The second-order valence-corrected chi connectivity index (χ2v) is 19.5. The summed E-state index contributed by atoms with van der Waals surface area (Å²) in [5.41, 5.74) is 4.35. The summed E-state index contributed by atoms with van der Waals surface area (Å²) >= 11 is 12.8. The van der Waals surface area contributed by atoms with Crippen molar-refractivity contribution in [2.45, 2.75) is 106 Å². The molecule has 1 unspecified atom stereocenters. The first-order valence-corrected chi connectivity index (χ1v) is 24.1. The molecule has 0 bridgehead atoms. The third-order valence-corrected chi connectivity index (χ3v) is 15.3. The number of carbonyl (C=O) groups excluding carboxylic acids is 5. The number of aromatic nitrogens is 2. The number of carbonyl (C=O) groups is 5. The molecule has 350 valence electrons. The van der Waals surface area contributed by atoms with Crippen molar-refractivity contribution in [3.05, 3.63) is 159 Å². The van der Waals surface area contributed by atoms with Gasteiger partial charge in [-0.25, -0.2) is 9.37 Å². The maximum atomic E-state index is 16.3. The smallest absolute Gasteiger partial charge is 0.255 e. The van der Waals surface area contributed by atoms with E-state index in [0.29, 0.717) is 103 Å². The minimum Gasteiger partial charge on any atom is -0.352 e. The molecule has 3 fully saturated rings. The summed E-state index contributed by atoms with van der Waals surface area (Å²) in [5.74, 6) is -3.00. The molecular formula is C52H51Cl2FN8O5. The number of halogens is 3. The molecule has 5 amide bonds. The van der Waals surface area contributed by atoms with Crippen molar-refractivity contribution < 1.29 is 28.4 Å². The fraction of sp³-hybridized carbons (Fsp3) is 0.346. The number of fused-ring (bicyclic) bond motifs is 4. The number of benzene rings is 4. The molecule has 1 saturated carbocycles. The van der Waals surface area contributed by atoms with Crippen LogP contribution in [0, 0.1) is 5.82 Å². The van der Waals surface area contributed by atoms with Gasteiger partial charge in [-0.1, -0.05) is 79.4 Å². The van der Waals surface area contributed by atoms with E-state index in [-0.39, 0.29) is 34.2 Å². The fourth-order valence-electron chi connectivity index (χ4n) is 11.7. The maximum Gasteiger partial charge on any atom is 0.255 e. The zero-order valence-corrected chi connectivity index (χ0v) is 38.8. The Morgan fingerprint density at radius 1 is 0.941 bits per heavy atom. The lowest BCUT2D eigenvalue weighted by atomic mass is 9.55. The molecule has 2 spiro atoms. The molecule has 1 aromatic heterocycles. The van der Waals surface area contributed by atoms with E-state index in [4.69, 9.17) is 23.2 Å². The number of nitrogens with zero attached hydrogens (tertiary/aromatic N) is 3. The van der Waals surface area contributed by atoms with Gasteiger partial charge in [-0.15, -0.1) is 0 Å². The zero-order chi connectivity index (χ0) is 47.3. The number of amides is 5. The molecule has 0 radical (unpaired) electrons. The van der Waals surface area contributed by atoms with Crippen molar-refractivity contribution in [2.75, 3.05) is 17.2 Å². The lowest BCUT2D eigenvalue weighted by Crippen LogP contribution is -2.60. The largest absolute Gasteiger partial charge is 0.352 e. The van der Waals surface area contributed by atoms with Crippen molar-refractivity contribution in [3.8, 4) is 0 Å². The molecule has 1 aliphatic carbocycles.